The molecule has 0 unspecified atom stereocenters. The highest BCUT2D eigenvalue weighted by Gasteiger charge is 2.24. The lowest BCUT2D eigenvalue weighted by Crippen LogP contribution is -2.43. The van der Waals surface area contributed by atoms with Crippen LogP contribution in [0.4, 0.5) is 16.2 Å². The van der Waals surface area contributed by atoms with Gasteiger partial charge in [-0.05, 0) is 51.1 Å². The van der Waals surface area contributed by atoms with Gasteiger partial charge in [-0.25, -0.2) is 4.79 Å². The number of aliphatic hydroxyl groups excluding tert-OH is 1. The SMILES string of the molecule is CC(C)(C)OC(=O)N1C=NN(c2cccc(NC[C@@H](O)CNC(=O)c3ccc(Cl)s3)c2)CC1. The molecule has 1 aromatic heterocycles. The number of hydrogen-bond acceptors (Lipinski definition) is 8. The van der Waals surface area contributed by atoms with Crippen LogP contribution in [-0.2, 0) is 4.74 Å². The van der Waals surface area contributed by atoms with Crippen molar-refractivity contribution < 1.29 is 19.4 Å². The highest BCUT2D eigenvalue weighted by molar-refractivity contribution is 7.18. The highest BCUT2D eigenvalue weighted by Crippen LogP contribution is 2.22. The number of hydrazone groups is 1. The van der Waals surface area contributed by atoms with Gasteiger partial charge < -0.3 is 20.5 Å². The number of carbonyl (C=O) groups excluding carboxylic acids is 2. The average Bonchev–Trinajstić information content (AvgIpc) is 3.21. The van der Waals surface area contributed by atoms with Crippen LogP contribution in [-0.4, -0.2) is 66.2 Å². The van der Waals surface area contributed by atoms with Crippen LogP contribution < -0.4 is 15.6 Å². The van der Waals surface area contributed by atoms with Crippen LogP contribution in [0.3, 0.4) is 0 Å². The molecule has 0 bridgehead atoms. The first-order valence-electron chi connectivity index (χ1n) is 10.5. The molecule has 1 aliphatic heterocycles. The predicted molar refractivity (Wildman–Crippen MR) is 131 cm³/mol. The van der Waals surface area contributed by atoms with Gasteiger partial charge in [-0.1, -0.05) is 17.7 Å². The van der Waals surface area contributed by atoms with Crippen LogP contribution in [0.15, 0.2) is 41.5 Å². The van der Waals surface area contributed by atoms with Gasteiger partial charge in [0.15, 0.2) is 0 Å². The fourth-order valence-corrected chi connectivity index (χ4v) is 3.88. The van der Waals surface area contributed by atoms with Crippen LogP contribution in [0.5, 0.6) is 0 Å². The van der Waals surface area contributed by atoms with E-state index in [2.05, 4.69) is 15.7 Å². The largest absolute Gasteiger partial charge is 0.443 e. The highest BCUT2D eigenvalue weighted by atomic mass is 35.5. The van der Waals surface area contributed by atoms with Gasteiger partial charge in [0.25, 0.3) is 5.91 Å². The fraction of sp³-hybridized carbons (Fsp3) is 0.409. The number of thiophene rings is 1. The third kappa shape index (κ3) is 7.62. The van der Waals surface area contributed by atoms with E-state index in [1.54, 1.807) is 17.1 Å². The molecule has 3 N–H and O–H groups in total. The summed E-state index contributed by atoms with van der Waals surface area (Å²) in [6, 6.07) is 10.9. The molecule has 9 nitrogen and oxygen atoms in total. The zero-order valence-electron chi connectivity index (χ0n) is 18.7. The van der Waals surface area contributed by atoms with Gasteiger partial charge in [-0.2, -0.15) is 5.10 Å². The first-order valence-corrected chi connectivity index (χ1v) is 11.7. The summed E-state index contributed by atoms with van der Waals surface area (Å²) < 4.78 is 5.90. The number of benzene rings is 1. The van der Waals surface area contributed by atoms with Crippen LogP contribution in [0, 0.1) is 0 Å². The minimum Gasteiger partial charge on any atom is -0.443 e. The molecular formula is C22H28ClN5O4S. The normalized spacial score (nSPS) is 14.7. The Kier molecular flexibility index (Phi) is 8.17. The zero-order valence-corrected chi connectivity index (χ0v) is 20.3. The number of rotatable bonds is 7. The Balaban J connectivity index is 1.48. The number of ether oxygens (including phenoxy) is 1. The van der Waals surface area contributed by atoms with Gasteiger partial charge in [0.1, 0.15) is 11.9 Å². The van der Waals surface area contributed by atoms with Crippen molar-refractivity contribution in [1.29, 1.82) is 0 Å². The maximum atomic E-state index is 12.2. The molecule has 0 spiro atoms. The molecule has 0 radical (unpaired) electrons. The van der Waals surface area contributed by atoms with Crippen molar-refractivity contribution in [1.82, 2.24) is 10.2 Å². The Hall–Kier alpha value is -2.82. The molecule has 11 heteroatoms. The summed E-state index contributed by atoms with van der Waals surface area (Å²) in [7, 11) is 0. The van der Waals surface area contributed by atoms with Gasteiger partial charge in [0, 0.05) is 25.3 Å². The van der Waals surface area contributed by atoms with Crippen LogP contribution in [0.25, 0.3) is 0 Å². The summed E-state index contributed by atoms with van der Waals surface area (Å²) >= 11 is 7.03. The van der Waals surface area contributed by atoms with Gasteiger partial charge >= 0.3 is 6.09 Å². The third-order valence-electron chi connectivity index (χ3n) is 4.49. The number of nitrogens with one attached hydrogen (secondary N) is 2. The van der Waals surface area contributed by atoms with Crippen molar-refractivity contribution in [3.63, 3.8) is 0 Å². The van der Waals surface area contributed by atoms with Crippen LogP contribution in [0.2, 0.25) is 4.34 Å². The number of carbonyl (C=O) groups is 2. The lowest BCUT2D eigenvalue weighted by atomic mass is 10.2. The monoisotopic (exact) mass is 493 g/mol. The van der Waals surface area contributed by atoms with Crippen molar-refractivity contribution >= 4 is 52.7 Å². The summed E-state index contributed by atoms with van der Waals surface area (Å²) in [5.74, 6) is -0.267. The Labute approximate surface area is 202 Å². The van der Waals surface area contributed by atoms with Crippen molar-refractivity contribution in [3.8, 4) is 0 Å². The fourth-order valence-electron chi connectivity index (χ4n) is 2.92. The van der Waals surface area contributed by atoms with E-state index in [4.69, 9.17) is 16.3 Å². The molecular weight excluding hydrogens is 466 g/mol. The molecule has 3 rings (SSSR count). The molecule has 0 fully saturated rings. The van der Waals surface area contributed by atoms with E-state index < -0.39 is 17.8 Å². The first kappa shape index (κ1) is 24.8. The van der Waals surface area contributed by atoms with Crippen molar-refractivity contribution in [3.05, 3.63) is 45.6 Å². The minimum absolute atomic E-state index is 0.109. The Morgan fingerprint density at radius 3 is 2.67 bits per heavy atom. The smallest absolute Gasteiger partial charge is 0.415 e. The standard InChI is InChI=1S/C22H28ClN5O4S/c1-22(2,3)32-21(31)27-9-10-28(26-14-27)16-6-4-5-15(11-16)24-12-17(29)13-25-20(30)18-7-8-19(23)33-18/h4-8,11,14,17,24,29H,9-10,12-13H2,1-3H3,(H,25,30)/t17-/m1/s1. The molecule has 2 aromatic rings. The Bertz CT molecular complexity index is 1010. The molecule has 0 aliphatic carbocycles. The maximum absolute atomic E-state index is 12.2. The second kappa shape index (κ2) is 10.9. The molecule has 2 heterocycles. The minimum atomic E-state index is -0.775. The Morgan fingerprint density at radius 2 is 2.03 bits per heavy atom. The third-order valence-corrected chi connectivity index (χ3v) is 5.72. The molecule has 2 amide bonds. The number of amides is 2. The molecule has 0 saturated heterocycles. The predicted octanol–water partition coefficient (Wildman–Crippen LogP) is 3.60. The lowest BCUT2D eigenvalue weighted by molar-refractivity contribution is 0.0374. The van der Waals surface area contributed by atoms with Crippen molar-refractivity contribution in [2.24, 2.45) is 5.10 Å². The number of halogens is 1. The van der Waals surface area contributed by atoms with Gasteiger partial charge in [-0.15, -0.1) is 11.3 Å². The van der Waals surface area contributed by atoms with E-state index in [9.17, 15) is 14.7 Å². The van der Waals surface area contributed by atoms with Crippen molar-refractivity contribution in [2.75, 3.05) is 36.5 Å². The second-order valence-corrected chi connectivity index (χ2v) is 10.1. The first-order chi connectivity index (χ1) is 15.6. The average molecular weight is 494 g/mol. The summed E-state index contributed by atoms with van der Waals surface area (Å²) in [4.78, 5) is 26.2. The molecule has 1 atom stereocenters. The topological polar surface area (TPSA) is 106 Å². The van der Waals surface area contributed by atoms with Gasteiger partial charge in [0.2, 0.25) is 0 Å². The van der Waals surface area contributed by atoms with E-state index in [0.717, 1.165) is 11.4 Å². The van der Waals surface area contributed by atoms with E-state index in [0.29, 0.717) is 22.3 Å². The van der Waals surface area contributed by atoms with Crippen LogP contribution in [0.1, 0.15) is 30.4 Å². The van der Waals surface area contributed by atoms with Gasteiger partial charge in [0.05, 0.1) is 27.5 Å². The summed E-state index contributed by atoms with van der Waals surface area (Å²) in [5, 5.41) is 22.2. The van der Waals surface area contributed by atoms with E-state index in [1.807, 2.05) is 45.0 Å². The summed E-state index contributed by atoms with van der Waals surface area (Å²) in [6.07, 6.45) is 0.262. The van der Waals surface area contributed by atoms with E-state index in [1.165, 1.54) is 22.6 Å². The van der Waals surface area contributed by atoms with Crippen LogP contribution >= 0.6 is 22.9 Å². The van der Waals surface area contributed by atoms with E-state index >= 15 is 0 Å². The lowest BCUT2D eigenvalue weighted by Gasteiger charge is -2.30. The van der Waals surface area contributed by atoms with E-state index in [-0.39, 0.29) is 19.0 Å². The number of nitrogens with zero attached hydrogens (tertiary/aromatic N) is 3. The molecule has 33 heavy (non-hydrogen) atoms. The zero-order chi connectivity index (χ0) is 24.0. The molecule has 1 aromatic carbocycles. The second-order valence-electron chi connectivity index (χ2n) is 8.43. The number of anilines is 2. The molecule has 1 aliphatic rings. The Morgan fingerprint density at radius 1 is 1.24 bits per heavy atom. The summed E-state index contributed by atoms with van der Waals surface area (Å²) in [6.45, 7) is 6.79. The molecule has 178 valence electrons. The number of hydrogen-bond donors (Lipinski definition) is 3. The number of aliphatic hydroxyl groups is 1. The van der Waals surface area contributed by atoms with Crippen molar-refractivity contribution in [2.45, 2.75) is 32.5 Å². The quantitative estimate of drug-likeness (QED) is 0.544. The maximum Gasteiger partial charge on any atom is 0.415 e. The summed E-state index contributed by atoms with van der Waals surface area (Å²) in [5.41, 5.74) is 1.08. The van der Waals surface area contributed by atoms with Gasteiger partial charge in [-0.3, -0.25) is 14.7 Å². The molecule has 0 saturated carbocycles.